The number of carbonyl (C=O) groups is 3. The number of sulfonamides is 1. The van der Waals surface area contributed by atoms with Crippen molar-refractivity contribution < 1.29 is 27.5 Å². The number of rotatable bonds is 5. The van der Waals surface area contributed by atoms with E-state index < -0.39 is 34.0 Å². The Morgan fingerprint density at radius 3 is 2.23 bits per heavy atom. The Bertz CT molecular complexity index is 785. The highest BCUT2D eigenvalue weighted by atomic mass is 32.2. The molecule has 1 aromatic carbocycles. The lowest BCUT2D eigenvalue weighted by Gasteiger charge is -2.25. The van der Waals surface area contributed by atoms with Gasteiger partial charge in [-0.05, 0) is 44.0 Å². The molecule has 0 bridgehead atoms. The van der Waals surface area contributed by atoms with Crippen LogP contribution in [0.15, 0.2) is 29.2 Å². The van der Waals surface area contributed by atoms with E-state index in [1.165, 1.54) is 35.5 Å². The summed E-state index contributed by atoms with van der Waals surface area (Å²) in [7, 11) is -3.59. The molecule has 26 heavy (non-hydrogen) atoms. The van der Waals surface area contributed by atoms with Crippen molar-refractivity contribution in [3.8, 4) is 0 Å². The molecule has 0 saturated carbocycles. The molecule has 0 spiro atoms. The molecule has 1 aromatic rings. The lowest BCUT2D eigenvalue weighted by molar-refractivity contribution is -0.127. The van der Waals surface area contributed by atoms with Gasteiger partial charge in [-0.2, -0.15) is 4.31 Å². The Labute approximate surface area is 151 Å². The average Bonchev–Trinajstić information content (AvgIpc) is 2.62. The molecule has 0 aromatic heterocycles. The summed E-state index contributed by atoms with van der Waals surface area (Å²) in [6.45, 7) is 2.25. The van der Waals surface area contributed by atoms with Crippen molar-refractivity contribution >= 4 is 27.9 Å². The number of nitrogens with zero attached hydrogens (tertiary/aromatic N) is 1. The number of primary amides is 1. The zero-order valence-electron chi connectivity index (χ0n) is 14.3. The van der Waals surface area contributed by atoms with Crippen LogP contribution < -0.4 is 11.1 Å². The Balaban J connectivity index is 2.05. The number of imide groups is 1. The summed E-state index contributed by atoms with van der Waals surface area (Å²) in [5.74, 6) is -1.67. The second-order valence-electron chi connectivity index (χ2n) is 5.89. The van der Waals surface area contributed by atoms with E-state index in [0.29, 0.717) is 13.1 Å². The van der Waals surface area contributed by atoms with E-state index >= 15 is 0 Å². The van der Waals surface area contributed by atoms with Crippen molar-refractivity contribution in [2.45, 2.75) is 37.2 Å². The molecule has 9 nitrogen and oxygen atoms in total. The van der Waals surface area contributed by atoms with Gasteiger partial charge in [0.2, 0.25) is 10.0 Å². The van der Waals surface area contributed by atoms with Crippen molar-refractivity contribution in [3.63, 3.8) is 0 Å². The Morgan fingerprint density at radius 1 is 1.12 bits per heavy atom. The number of esters is 1. The van der Waals surface area contributed by atoms with Crippen LogP contribution in [0.5, 0.6) is 0 Å². The summed E-state index contributed by atoms with van der Waals surface area (Å²) in [6, 6.07) is 4.24. The molecule has 1 atom stereocenters. The van der Waals surface area contributed by atoms with Gasteiger partial charge in [0.1, 0.15) is 0 Å². The van der Waals surface area contributed by atoms with E-state index in [-0.39, 0.29) is 10.5 Å². The van der Waals surface area contributed by atoms with Crippen LogP contribution in [-0.2, 0) is 19.6 Å². The molecule has 1 fully saturated rings. The molecule has 0 aliphatic carbocycles. The monoisotopic (exact) mass is 383 g/mol. The van der Waals surface area contributed by atoms with Crippen LogP contribution in [0.1, 0.15) is 36.5 Å². The summed E-state index contributed by atoms with van der Waals surface area (Å²) in [4.78, 5) is 34.3. The van der Waals surface area contributed by atoms with Gasteiger partial charge in [-0.1, -0.05) is 6.42 Å². The number of urea groups is 1. The Hall–Kier alpha value is -2.46. The Kier molecular flexibility index (Phi) is 6.32. The third-order valence-corrected chi connectivity index (χ3v) is 5.86. The minimum absolute atomic E-state index is 0.0846. The highest BCUT2D eigenvalue weighted by molar-refractivity contribution is 7.89. The fourth-order valence-corrected chi connectivity index (χ4v) is 4.04. The van der Waals surface area contributed by atoms with Crippen molar-refractivity contribution in [3.05, 3.63) is 29.8 Å². The van der Waals surface area contributed by atoms with Gasteiger partial charge in [0, 0.05) is 13.1 Å². The number of carbonyl (C=O) groups excluding carboxylic acids is 3. The van der Waals surface area contributed by atoms with Crippen LogP contribution in [0.2, 0.25) is 0 Å². The summed E-state index contributed by atoms with van der Waals surface area (Å²) < 4.78 is 31.5. The maximum Gasteiger partial charge on any atom is 0.338 e. The molecule has 142 valence electrons. The number of ether oxygens (including phenoxy) is 1. The van der Waals surface area contributed by atoms with E-state index in [2.05, 4.69) is 0 Å². The molecular weight excluding hydrogens is 362 g/mol. The molecule has 2 rings (SSSR count). The van der Waals surface area contributed by atoms with Crippen LogP contribution in [0, 0.1) is 0 Å². The lowest BCUT2D eigenvalue weighted by atomic mass is 10.2. The fraction of sp³-hybridized carbons (Fsp3) is 0.438. The fourth-order valence-electron chi connectivity index (χ4n) is 2.52. The summed E-state index contributed by atoms with van der Waals surface area (Å²) in [5, 5.41) is 1.80. The molecule has 10 heteroatoms. The molecule has 0 radical (unpaired) electrons. The van der Waals surface area contributed by atoms with E-state index in [1.54, 1.807) is 5.32 Å². The molecule has 1 unspecified atom stereocenters. The first kappa shape index (κ1) is 19.9. The van der Waals surface area contributed by atoms with E-state index in [9.17, 15) is 22.8 Å². The average molecular weight is 383 g/mol. The first-order valence-corrected chi connectivity index (χ1v) is 9.57. The van der Waals surface area contributed by atoms with Crippen molar-refractivity contribution in [2.75, 3.05) is 13.1 Å². The molecule has 1 heterocycles. The Morgan fingerprint density at radius 2 is 1.69 bits per heavy atom. The standard InChI is InChI=1S/C16H21N3O6S/c1-11(14(20)18-16(17)22)25-15(21)12-5-7-13(8-6-12)26(23,24)19-9-3-2-4-10-19/h5-8,11H,2-4,9-10H2,1H3,(H3,17,18,20,22). The number of nitrogens with one attached hydrogen (secondary N) is 1. The van der Waals surface area contributed by atoms with Crippen LogP contribution >= 0.6 is 0 Å². The van der Waals surface area contributed by atoms with Gasteiger partial charge in [0.05, 0.1) is 10.5 Å². The number of amides is 3. The predicted molar refractivity (Wildman–Crippen MR) is 91.7 cm³/mol. The van der Waals surface area contributed by atoms with Crippen LogP contribution in [0.3, 0.4) is 0 Å². The van der Waals surface area contributed by atoms with Gasteiger partial charge in [0.25, 0.3) is 5.91 Å². The first-order chi connectivity index (χ1) is 12.2. The SMILES string of the molecule is CC(OC(=O)c1ccc(S(=O)(=O)N2CCCCC2)cc1)C(=O)NC(N)=O. The topological polar surface area (TPSA) is 136 Å². The van der Waals surface area contributed by atoms with Gasteiger partial charge in [-0.15, -0.1) is 0 Å². The summed E-state index contributed by atoms with van der Waals surface area (Å²) >= 11 is 0. The molecule has 1 saturated heterocycles. The zero-order valence-corrected chi connectivity index (χ0v) is 15.1. The van der Waals surface area contributed by atoms with Gasteiger partial charge in [-0.25, -0.2) is 18.0 Å². The smallest absolute Gasteiger partial charge is 0.338 e. The number of nitrogens with two attached hydrogens (primary N) is 1. The maximum atomic E-state index is 12.6. The lowest BCUT2D eigenvalue weighted by Crippen LogP contribution is -2.42. The minimum Gasteiger partial charge on any atom is -0.449 e. The van der Waals surface area contributed by atoms with Gasteiger partial charge in [-0.3, -0.25) is 10.1 Å². The summed E-state index contributed by atoms with van der Waals surface area (Å²) in [6.07, 6.45) is 1.44. The number of hydrogen-bond acceptors (Lipinski definition) is 6. The third kappa shape index (κ3) is 4.79. The first-order valence-electron chi connectivity index (χ1n) is 8.13. The van der Waals surface area contributed by atoms with Crippen LogP contribution in [0.4, 0.5) is 4.79 Å². The predicted octanol–water partition coefficient (Wildman–Crippen LogP) is 0.601. The maximum absolute atomic E-state index is 12.6. The van der Waals surface area contributed by atoms with Crippen LogP contribution in [0.25, 0.3) is 0 Å². The van der Waals surface area contributed by atoms with Crippen LogP contribution in [-0.4, -0.2) is 49.8 Å². The van der Waals surface area contributed by atoms with E-state index in [4.69, 9.17) is 10.5 Å². The van der Waals surface area contributed by atoms with Crippen molar-refractivity contribution in [2.24, 2.45) is 5.73 Å². The van der Waals surface area contributed by atoms with E-state index in [1.807, 2.05) is 0 Å². The highest BCUT2D eigenvalue weighted by Gasteiger charge is 2.26. The second-order valence-corrected chi connectivity index (χ2v) is 7.83. The number of piperidine rings is 1. The van der Waals surface area contributed by atoms with Gasteiger partial charge >= 0.3 is 12.0 Å². The zero-order chi connectivity index (χ0) is 19.3. The second kappa shape index (κ2) is 8.28. The van der Waals surface area contributed by atoms with E-state index in [0.717, 1.165) is 19.3 Å². The van der Waals surface area contributed by atoms with Crippen molar-refractivity contribution in [1.29, 1.82) is 0 Å². The summed E-state index contributed by atoms with van der Waals surface area (Å²) in [5.41, 5.74) is 4.90. The van der Waals surface area contributed by atoms with Crippen molar-refractivity contribution in [1.82, 2.24) is 9.62 Å². The third-order valence-electron chi connectivity index (χ3n) is 3.94. The minimum atomic E-state index is -3.59. The highest BCUT2D eigenvalue weighted by Crippen LogP contribution is 2.21. The van der Waals surface area contributed by atoms with Gasteiger partial charge < -0.3 is 10.5 Å². The largest absolute Gasteiger partial charge is 0.449 e. The molecule has 1 aliphatic rings. The number of benzene rings is 1. The quantitative estimate of drug-likeness (QED) is 0.715. The molecule has 3 amide bonds. The molecule has 3 N–H and O–H groups in total. The molecule has 1 aliphatic heterocycles. The normalized spacial score (nSPS) is 16.5. The number of hydrogen-bond donors (Lipinski definition) is 2. The van der Waals surface area contributed by atoms with Gasteiger partial charge in [0.15, 0.2) is 6.10 Å². The molecular formula is C16H21N3O6S.